The van der Waals surface area contributed by atoms with Crippen LogP contribution in [0.25, 0.3) is 22.5 Å². The molecule has 0 amide bonds. The Kier molecular flexibility index (Phi) is 6.14. The van der Waals surface area contributed by atoms with Gasteiger partial charge in [-0.05, 0) is 30.7 Å². The van der Waals surface area contributed by atoms with E-state index in [0.717, 1.165) is 11.1 Å². The van der Waals surface area contributed by atoms with Gasteiger partial charge < -0.3 is 14.0 Å². The third kappa shape index (κ3) is 4.69. The summed E-state index contributed by atoms with van der Waals surface area (Å²) in [5, 5.41) is 4.29. The molecule has 0 aliphatic heterocycles. The first-order valence-corrected chi connectivity index (χ1v) is 8.69. The number of hydrogen-bond donors (Lipinski definition) is 0. The minimum Gasteiger partial charge on any atom is -0.490 e. The monoisotopic (exact) mass is 380 g/mol. The zero-order chi connectivity index (χ0) is 19.1. The Morgan fingerprint density at radius 1 is 1.19 bits per heavy atom. The Bertz CT molecular complexity index is 975. The molecule has 1 heterocycles. The summed E-state index contributed by atoms with van der Waals surface area (Å²) in [6.07, 6.45) is 6.96. The predicted octanol–water partition coefficient (Wildman–Crippen LogP) is 4.88. The highest BCUT2D eigenvalue weighted by atomic mass is 35.5. The van der Waals surface area contributed by atoms with E-state index in [-0.39, 0.29) is 12.5 Å². The standard InChI is InChI=1S/C21H17ClN2O3/c1-3-12-26-18-11-10-15(14-19(18)25-4-2)13-17(22)21-23-20(24-27-21)16-8-6-5-7-9-16/h1,5-11,13-14H,4,12H2,2H3/b17-13-. The van der Waals surface area contributed by atoms with Crippen LogP contribution in [0.3, 0.4) is 0 Å². The number of rotatable bonds is 7. The second-order valence-electron chi connectivity index (χ2n) is 5.41. The Hall–Kier alpha value is -3.23. The molecule has 0 spiro atoms. The van der Waals surface area contributed by atoms with Gasteiger partial charge in [-0.2, -0.15) is 4.98 Å². The number of nitrogens with zero attached hydrogens (tertiary/aromatic N) is 2. The molecule has 0 saturated heterocycles. The smallest absolute Gasteiger partial charge is 0.269 e. The Morgan fingerprint density at radius 3 is 2.74 bits per heavy atom. The molecule has 0 fully saturated rings. The van der Waals surface area contributed by atoms with E-state index in [4.69, 9.17) is 32.0 Å². The van der Waals surface area contributed by atoms with E-state index >= 15 is 0 Å². The number of benzene rings is 2. The first kappa shape index (κ1) is 18.6. The van der Waals surface area contributed by atoms with Crippen LogP contribution >= 0.6 is 11.6 Å². The zero-order valence-electron chi connectivity index (χ0n) is 14.7. The lowest BCUT2D eigenvalue weighted by atomic mass is 10.2. The summed E-state index contributed by atoms with van der Waals surface area (Å²) in [7, 11) is 0. The van der Waals surface area contributed by atoms with Crippen LogP contribution in [0.5, 0.6) is 11.5 Å². The molecule has 2 aromatic carbocycles. The summed E-state index contributed by atoms with van der Waals surface area (Å²) in [5.41, 5.74) is 1.65. The van der Waals surface area contributed by atoms with Crippen LogP contribution in [0.4, 0.5) is 0 Å². The quantitative estimate of drug-likeness (QED) is 0.546. The Morgan fingerprint density at radius 2 is 2.00 bits per heavy atom. The van der Waals surface area contributed by atoms with Crippen LogP contribution in [-0.4, -0.2) is 23.4 Å². The number of ether oxygens (including phenoxy) is 2. The van der Waals surface area contributed by atoms with Gasteiger partial charge >= 0.3 is 0 Å². The maximum atomic E-state index is 6.36. The molecule has 0 bridgehead atoms. The highest BCUT2D eigenvalue weighted by molar-refractivity contribution is 6.50. The number of hydrogen-bond acceptors (Lipinski definition) is 5. The molecule has 0 radical (unpaired) electrons. The molecule has 3 rings (SSSR count). The molecule has 136 valence electrons. The van der Waals surface area contributed by atoms with Crippen LogP contribution in [-0.2, 0) is 0 Å². The minimum atomic E-state index is 0.167. The van der Waals surface area contributed by atoms with Crippen molar-refractivity contribution in [1.82, 2.24) is 10.1 Å². The van der Waals surface area contributed by atoms with Crippen LogP contribution in [0.2, 0.25) is 0 Å². The SMILES string of the molecule is C#CCOc1ccc(/C=C(\Cl)c2nc(-c3ccccc3)no2)cc1OCC. The summed E-state index contributed by atoms with van der Waals surface area (Å²) in [5.74, 6) is 4.31. The molecule has 0 aliphatic carbocycles. The van der Waals surface area contributed by atoms with E-state index < -0.39 is 0 Å². The van der Waals surface area contributed by atoms with Gasteiger partial charge in [-0.25, -0.2) is 0 Å². The van der Waals surface area contributed by atoms with Gasteiger partial charge in [0.1, 0.15) is 11.6 Å². The molecule has 5 nitrogen and oxygen atoms in total. The molecule has 6 heteroatoms. The normalized spacial score (nSPS) is 11.1. The van der Waals surface area contributed by atoms with Crippen LogP contribution in [0.15, 0.2) is 53.1 Å². The van der Waals surface area contributed by atoms with Gasteiger partial charge in [0.25, 0.3) is 5.89 Å². The fourth-order valence-corrected chi connectivity index (χ4v) is 2.56. The molecule has 0 atom stereocenters. The molecule has 3 aromatic rings. The van der Waals surface area contributed by atoms with Gasteiger partial charge in [0.15, 0.2) is 11.5 Å². The molecule has 0 unspecified atom stereocenters. The third-order valence-corrected chi connectivity index (χ3v) is 3.81. The number of terminal acetylenes is 1. The lowest BCUT2D eigenvalue weighted by Gasteiger charge is -2.11. The second-order valence-corrected chi connectivity index (χ2v) is 5.82. The predicted molar refractivity (Wildman–Crippen MR) is 105 cm³/mol. The van der Waals surface area contributed by atoms with Crippen molar-refractivity contribution in [3.05, 3.63) is 60.0 Å². The third-order valence-electron chi connectivity index (χ3n) is 3.53. The van der Waals surface area contributed by atoms with E-state index in [1.165, 1.54) is 0 Å². The number of aromatic nitrogens is 2. The van der Waals surface area contributed by atoms with E-state index in [2.05, 4.69) is 16.1 Å². The van der Waals surface area contributed by atoms with Gasteiger partial charge in [-0.3, -0.25) is 0 Å². The second kappa shape index (κ2) is 8.93. The molecule has 0 aliphatic rings. The fourth-order valence-electron chi connectivity index (χ4n) is 2.35. The Labute approximate surface area is 162 Å². The van der Waals surface area contributed by atoms with E-state index in [0.29, 0.717) is 29.0 Å². The maximum absolute atomic E-state index is 6.36. The summed E-state index contributed by atoms with van der Waals surface area (Å²) in [6, 6.07) is 15.0. The molecule has 27 heavy (non-hydrogen) atoms. The molecule has 1 aromatic heterocycles. The average molecular weight is 381 g/mol. The molecular weight excluding hydrogens is 364 g/mol. The summed E-state index contributed by atoms with van der Waals surface area (Å²) in [6.45, 7) is 2.56. The first-order valence-electron chi connectivity index (χ1n) is 8.31. The topological polar surface area (TPSA) is 57.4 Å². The average Bonchev–Trinajstić information content (AvgIpc) is 3.19. The largest absolute Gasteiger partial charge is 0.490 e. The maximum Gasteiger partial charge on any atom is 0.269 e. The summed E-state index contributed by atoms with van der Waals surface area (Å²) in [4.78, 5) is 4.34. The van der Waals surface area contributed by atoms with Crippen LogP contribution in [0, 0.1) is 12.3 Å². The minimum absolute atomic E-state index is 0.167. The summed E-state index contributed by atoms with van der Waals surface area (Å²) >= 11 is 6.36. The van der Waals surface area contributed by atoms with Crippen molar-refractivity contribution >= 4 is 22.7 Å². The van der Waals surface area contributed by atoms with E-state index in [1.54, 1.807) is 12.1 Å². The highest BCUT2D eigenvalue weighted by Gasteiger charge is 2.12. The van der Waals surface area contributed by atoms with Crippen molar-refractivity contribution in [2.45, 2.75) is 6.92 Å². The number of halogens is 1. The van der Waals surface area contributed by atoms with Gasteiger partial charge in [-0.15, -0.1) is 6.42 Å². The molecule has 0 N–H and O–H groups in total. The van der Waals surface area contributed by atoms with Crippen molar-refractivity contribution in [3.8, 4) is 35.2 Å². The van der Waals surface area contributed by atoms with E-state index in [9.17, 15) is 0 Å². The fraction of sp³-hybridized carbons (Fsp3) is 0.143. The zero-order valence-corrected chi connectivity index (χ0v) is 15.4. The Balaban J connectivity index is 1.84. The highest BCUT2D eigenvalue weighted by Crippen LogP contribution is 2.31. The van der Waals surface area contributed by atoms with Gasteiger partial charge in [0.2, 0.25) is 5.82 Å². The van der Waals surface area contributed by atoms with Gasteiger partial charge in [0.05, 0.1) is 6.61 Å². The van der Waals surface area contributed by atoms with E-state index in [1.807, 2.05) is 49.4 Å². The molecular formula is C21H17ClN2O3. The lowest BCUT2D eigenvalue weighted by Crippen LogP contribution is -1.99. The van der Waals surface area contributed by atoms with Crippen LogP contribution in [0.1, 0.15) is 18.4 Å². The summed E-state index contributed by atoms with van der Waals surface area (Å²) < 4.78 is 16.4. The van der Waals surface area contributed by atoms with Crippen molar-refractivity contribution in [2.75, 3.05) is 13.2 Å². The van der Waals surface area contributed by atoms with Gasteiger partial charge in [-0.1, -0.05) is 59.1 Å². The molecule has 0 saturated carbocycles. The van der Waals surface area contributed by atoms with Crippen LogP contribution < -0.4 is 9.47 Å². The van der Waals surface area contributed by atoms with Gasteiger partial charge in [0, 0.05) is 5.56 Å². The van der Waals surface area contributed by atoms with Crippen molar-refractivity contribution in [3.63, 3.8) is 0 Å². The van der Waals surface area contributed by atoms with Crippen molar-refractivity contribution in [1.29, 1.82) is 0 Å². The van der Waals surface area contributed by atoms with Crippen molar-refractivity contribution in [2.24, 2.45) is 0 Å². The van der Waals surface area contributed by atoms with Crippen molar-refractivity contribution < 1.29 is 14.0 Å². The first-order chi connectivity index (χ1) is 13.2. The lowest BCUT2D eigenvalue weighted by molar-refractivity contribution is 0.299.